The summed E-state index contributed by atoms with van der Waals surface area (Å²) in [5.74, 6) is 1.59. The molecule has 6 heteroatoms. The number of carbonyl (C=O) groups is 1. The molecule has 6 nitrogen and oxygen atoms in total. The van der Waals surface area contributed by atoms with Crippen LogP contribution in [0.2, 0.25) is 0 Å². The summed E-state index contributed by atoms with van der Waals surface area (Å²) in [6.45, 7) is 2.03. The second kappa shape index (κ2) is 7.31. The third-order valence-corrected chi connectivity index (χ3v) is 4.24. The second-order valence-corrected chi connectivity index (χ2v) is 5.68. The summed E-state index contributed by atoms with van der Waals surface area (Å²) in [7, 11) is 3.47. The number of nitrogens with zero attached hydrogens (tertiary/aromatic N) is 2. The standard InChI is InChI=1S/C18H22N4O2/c1-19-17-8-7-13(11-21-17)18(23)22-10-9-20-15(12-22)14-5-3-4-6-16(14)24-2/h3-8,11,15,20H,9-10,12H2,1-2H3,(H,19,21). The van der Waals surface area contributed by atoms with E-state index in [-0.39, 0.29) is 11.9 Å². The van der Waals surface area contributed by atoms with Crippen LogP contribution in [-0.4, -0.2) is 49.6 Å². The first kappa shape index (κ1) is 16.3. The largest absolute Gasteiger partial charge is 0.496 e. The number of anilines is 1. The van der Waals surface area contributed by atoms with E-state index in [1.165, 1.54) is 0 Å². The van der Waals surface area contributed by atoms with Gasteiger partial charge in [0.25, 0.3) is 5.91 Å². The zero-order chi connectivity index (χ0) is 16.9. The SMILES string of the molecule is CNc1ccc(C(=O)N2CCNC(c3ccccc3OC)C2)cn1. The summed E-state index contributed by atoms with van der Waals surface area (Å²) in [6, 6.07) is 11.6. The van der Waals surface area contributed by atoms with Crippen molar-refractivity contribution in [2.75, 3.05) is 39.1 Å². The smallest absolute Gasteiger partial charge is 0.255 e. The van der Waals surface area contributed by atoms with Crippen LogP contribution in [0.25, 0.3) is 0 Å². The van der Waals surface area contributed by atoms with E-state index in [4.69, 9.17) is 4.74 Å². The monoisotopic (exact) mass is 326 g/mol. The molecular formula is C18H22N4O2. The number of para-hydroxylation sites is 1. The number of hydrogen-bond acceptors (Lipinski definition) is 5. The Labute approximate surface area is 141 Å². The van der Waals surface area contributed by atoms with Gasteiger partial charge in [-0.25, -0.2) is 4.98 Å². The Hall–Kier alpha value is -2.60. The Balaban J connectivity index is 1.76. The minimum Gasteiger partial charge on any atom is -0.496 e. The minimum absolute atomic E-state index is 0.00607. The Bertz CT molecular complexity index is 702. The van der Waals surface area contributed by atoms with E-state index in [2.05, 4.69) is 15.6 Å². The molecule has 0 saturated carbocycles. The highest BCUT2D eigenvalue weighted by atomic mass is 16.5. The topological polar surface area (TPSA) is 66.5 Å². The number of rotatable bonds is 4. The first-order chi connectivity index (χ1) is 11.7. The highest BCUT2D eigenvalue weighted by molar-refractivity contribution is 5.94. The van der Waals surface area contributed by atoms with Gasteiger partial charge in [0.1, 0.15) is 11.6 Å². The van der Waals surface area contributed by atoms with Crippen LogP contribution in [-0.2, 0) is 0 Å². The molecule has 1 aromatic heterocycles. The molecule has 2 N–H and O–H groups in total. The highest BCUT2D eigenvalue weighted by Gasteiger charge is 2.26. The van der Waals surface area contributed by atoms with Crippen molar-refractivity contribution in [1.82, 2.24) is 15.2 Å². The van der Waals surface area contributed by atoms with Crippen molar-refractivity contribution in [3.63, 3.8) is 0 Å². The van der Waals surface area contributed by atoms with Gasteiger partial charge in [0.05, 0.1) is 18.7 Å². The number of ether oxygens (including phenoxy) is 1. The predicted octanol–water partition coefficient (Wildman–Crippen LogP) is 1.92. The van der Waals surface area contributed by atoms with Crippen molar-refractivity contribution < 1.29 is 9.53 Å². The van der Waals surface area contributed by atoms with Crippen molar-refractivity contribution in [2.45, 2.75) is 6.04 Å². The molecule has 0 bridgehead atoms. The molecule has 1 aliphatic heterocycles. The zero-order valence-electron chi connectivity index (χ0n) is 14.0. The number of aromatic nitrogens is 1. The van der Waals surface area contributed by atoms with Crippen LogP contribution in [0.15, 0.2) is 42.6 Å². The van der Waals surface area contributed by atoms with Crippen LogP contribution >= 0.6 is 0 Å². The number of carbonyl (C=O) groups excluding carboxylic acids is 1. The van der Waals surface area contributed by atoms with Crippen LogP contribution in [0, 0.1) is 0 Å². The Kier molecular flexibility index (Phi) is 4.96. The molecule has 2 heterocycles. The molecule has 3 rings (SSSR count). The van der Waals surface area contributed by atoms with Gasteiger partial charge in [0.15, 0.2) is 0 Å². The molecule has 24 heavy (non-hydrogen) atoms. The summed E-state index contributed by atoms with van der Waals surface area (Å²) in [5, 5.41) is 6.42. The molecule has 1 aromatic carbocycles. The lowest BCUT2D eigenvalue weighted by molar-refractivity contribution is 0.0701. The molecule has 0 spiro atoms. The highest BCUT2D eigenvalue weighted by Crippen LogP contribution is 2.27. The van der Waals surface area contributed by atoms with Gasteiger partial charge < -0.3 is 20.3 Å². The lowest BCUT2D eigenvalue weighted by Gasteiger charge is -2.34. The van der Waals surface area contributed by atoms with Crippen LogP contribution in [0.1, 0.15) is 22.0 Å². The van der Waals surface area contributed by atoms with E-state index in [0.717, 1.165) is 23.7 Å². The summed E-state index contributed by atoms with van der Waals surface area (Å²) in [4.78, 5) is 18.8. The zero-order valence-corrected chi connectivity index (χ0v) is 14.0. The second-order valence-electron chi connectivity index (χ2n) is 5.68. The maximum absolute atomic E-state index is 12.7. The maximum Gasteiger partial charge on any atom is 0.255 e. The van der Waals surface area contributed by atoms with Crippen molar-refractivity contribution in [2.24, 2.45) is 0 Å². The molecule has 1 aliphatic rings. The van der Waals surface area contributed by atoms with Gasteiger partial charge in [-0.05, 0) is 18.2 Å². The molecule has 2 aromatic rings. The van der Waals surface area contributed by atoms with Gasteiger partial charge in [-0.1, -0.05) is 18.2 Å². The molecule has 1 amide bonds. The molecule has 0 radical (unpaired) electrons. The maximum atomic E-state index is 12.7. The predicted molar refractivity (Wildman–Crippen MR) is 93.4 cm³/mol. The van der Waals surface area contributed by atoms with Gasteiger partial charge in [0.2, 0.25) is 0 Å². The fourth-order valence-corrected chi connectivity index (χ4v) is 2.95. The number of amides is 1. The summed E-state index contributed by atoms with van der Waals surface area (Å²) < 4.78 is 5.44. The number of piperazine rings is 1. The Morgan fingerprint density at radius 1 is 1.33 bits per heavy atom. The van der Waals surface area contributed by atoms with E-state index in [9.17, 15) is 4.79 Å². The molecule has 0 aliphatic carbocycles. The lowest BCUT2D eigenvalue weighted by atomic mass is 10.0. The van der Waals surface area contributed by atoms with Crippen molar-refractivity contribution in [1.29, 1.82) is 0 Å². The number of methoxy groups -OCH3 is 1. The molecule has 1 atom stereocenters. The van der Waals surface area contributed by atoms with Crippen LogP contribution in [0.5, 0.6) is 5.75 Å². The fourth-order valence-electron chi connectivity index (χ4n) is 2.95. The Morgan fingerprint density at radius 2 is 2.17 bits per heavy atom. The molecule has 126 valence electrons. The van der Waals surface area contributed by atoms with Crippen molar-refractivity contribution in [3.8, 4) is 5.75 Å². The third kappa shape index (κ3) is 3.33. The average Bonchev–Trinajstić information content (AvgIpc) is 2.67. The average molecular weight is 326 g/mol. The molecule has 1 saturated heterocycles. The third-order valence-electron chi connectivity index (χ3n) is 4.24. The number of nitrogens with one attached hydrogen (secondary N) is 2. The summed E-state index contributed by atoms with van der Waals surface area (Å²) in [5.41, 5.74) is 1.68. The van der Waals surface area contributed by atoms with E-state index in [0.29, 0.717) is 18.7 Å². The van der Waals surface area contributed by atoms with Gasteiger partial charge in [-0.3, -0.25) is 4.79 Å². The van der Waals surface area contributed by atoms with Gasteiger partial charge >= 0.3 is 0 Å². The lowest BCUT2D eigenvalue weighted by Crippen LogP contribution is -2.48. The molecular weight excluding hydrogens is 304 g/mol. The van der Waals surface area contributed by atoms with Crippen molar-refractivity contribution in [3.05, 3.63) is 53.7 Å². The van der Waals surface area contributed by atoms with E-state index in [1.807, 2.05) is 35.2 Å². The van der Waals surface area contributed by atoms with Crippen LogP contribution < -0.4 is 15.4 Å². The molecule has 1 unspecified atom stereocenters. The van der Waals surface area contributed by atoms with Gasteiger partial charge in [0, 0.05) is 38.4 Å². The first-order valence-electron chi connectivity index (χ1n) is 8.02. The van der Waals surface area contributed by atoms with Gasteiger partial charge in [-0.15, -0.1) is 0 Å². The fraction of sp³-hybridized carbons (Fsp3) is 0.333. The van der Waals surface area contributed by atoms with E-state index >= 15 is 0 Å². The molecule has 1 fully saturated rings. The van der Waals surface area contributed by atoms with E-state index in [1.54, 1.807) is 26.4 Å². The minimum atomic E-state index is 0.00607. The summed E-state index contributed by atoms with van der Waals surface area (Å²) in [6.07, 6.45) is 1.62. The van der Waals surface area contributed by atoms with Gasteiger partial charge in [-0.2, -0.15) is 0 Å². The van der Waals surface area contributed by atoms with Crippen LogP contribution in [0.4, 0.5) is 5.82 Å². The van der Waals surface area contributed by atoms with Crippen molar-refractivity contribution >= 4 is 11.7 Å². The normalized spacial score (nSPS) is 17.4. The quantitative estimate of drug-likeness (QED) is 0.898. The first-order valence-corrected chi connectivity index (χ1v) is 8.02. The Morgan fingerprint density at radius 3 is 2.88 bits per heavy atom. The van der Waals surface area contributed by atoms with Crippen LogP contribution in [0.3, 0.4) is 0 Å². The summed E-state index contributed by atoms with van der Waals surface area (Å²) >= 11 is 0. The number of hydrogen-bond donors (Lipinski definition) is 2. The van der Waals surface area contributed by atoms with E-state index < -0.39 is 0 Å². The number of benzene rings is 1. The number of pyridine rings is 1.